The van der Waals surface area contributed by atoms with Gasteiger partial charge < -0.3 is 14.5 Å². The Morgan fingerprint density at radius 3 is 1.76 bits per heavy atom. The highest BCUT2D eigenvalue weighted by Crippen LogP contribution is 2.21. The van der Waals surface area contributed by atoms with Crippen LogP contribution in [0.3, 0.4) is 0 Å². The molecule has 0 aliphatic carbocycles. The molecule has 3 heteroatoms. The van der Waals surface area contributed by atoms with Gasteiger partial charge in [-0.1, -0.05) is 58.4 Å². The van der Waals surface area contributed by atoms with E-state index in [0.717, 1.165) is 12.8 Å². The lowest BCUT2D eigenvalue weighted by Gasteiger charge is -2.22. The van der Waals surface area contributed by atoms with Crippen molar-refractivity contribution >= 4 is 12.6 Å². The van der Waals surface area contributed by atoms with Crippen molar-refractivity contribution in [2.75, 3.05) is 14.1 Å². The molecule has 0 spiro atoms. The van der Waals surface area contributed by atoms with Crippen molar-refractivity contribution in [3.8, 4) is 0 Å². The molecule has 1 unspecified atom stereocenters. The molecule has 0 heterocycles. The van der Waals surface area contributed by atoms with E-state index in [0.29, 0.717) is 6.04 Å². The lowest BCUT2D eigenvalue weighted by atomic mass is 10.00. The summed E-state index contributed by atoms with van der Waals surface area (Å²) in [6.07, 6.45) is 1.72. The van der Waals surface area contributed by atoms with Crippen molar-refractivity contribution in [1.29, 1.82) is 0 Å². The topological polar surface area (TPSA) is 37.4 Å². The molecule has 1 aromatic rings. The van der Waals surface area contributed by atoms with E-state index < -0.39 is 0 Å². The van der Waals surface area contributed by atoms with Gasteiger partial charge in [-0.25, -0.2) is 0 Å². The Kier molecular flexibility index (Phi) is 28.2. The van der Waals surface area contributed by atoms with Crippen molar-refractivity contribution in [2.24, 2.45) is 0 Å². The van der Waals surface area contributed by atoms with E-state index in [4.69, 9.17) is 4.79 Å². The van der Waals surface area contributed by atoms with Gasteiger partial charge in [0, 0.05) is 12.5 Å². The number of hydrogen-bond donors (Lipinski definition) is 0. The van der Waals surface area contributed by atoms with Crippen LogP contribution < -0.4 is 0 Å². The van der Waals surface area contributed by atoms with Crippen LogP contribution >= 0.6 is 0 Å². The second kappa shape index (κ2) is 22.5. The summed E-state index contributed by atoms with van der Waals surface area (Å²) in [4.78, 5) is 20.3. The molecular weight excluding hydrogens is 310 g/mol. The lowest BCUT2D eigenvalue weighted by Crippen LogP contribution is -2.17. The number of carbonyl (C=O) groups excluding carboxylic acids is 2. The first-order valence-corrected chi connectivity index (χ1v) is 9.31. The SMILES string of the molecule is C=O.CC.CC.CCCC(C)=O.Cc1ccc(C(C)N(C)C)c(C)c1. The number of Topliss-reactive ketones (excluding diaryl/α,β-unsaturated/α-hetero) is 1. The molecule has 0 saturated carbocycles. The molecule has 0 fully saturated rings. The summed E-state index contributed by atoms with van der Waals surface area (Å²) < 4.78 is 0. The van der Waals surface area contributed by atoms with Gasteiger partial charge in [-0.15, -0.1) is 0 Å². The van der Waals surface area contributed by atoms with Crippen LogP contribution in [0.2, 0.25) is 0 Å². The summed E-state index contributed by atoms with van der Waals surface area (Å²) in [6.45, 7) is 20.2. The molecule has 3 nitrogen and oxygen atoms in total. The molecule has 0 aromatic heterocycles. The Labute approximate surface area is 157 Å². The number of ketones is 1. The fourth-order valence-electron chi connectivity index (χ4n) is 1.92. The van der Waals surface area contributed by atoms with Crippen LogP contribution in [0.5, 0.6) is 0 Å². The van der Waals surface area contributed by atoms with E-state index in [1.54, 1.807) is 6.92 Å². The molecule has 0 bridgehead atoms. The van der Waals surface area contributed by atoms with Crippen molar-refractivity contribution in [3.05, 3.63) is 34.9 Å². The standard InChI is InChI=1S/C12H19N.C5H10O.2C2H6.CH2O/c1-9-6-7-12(10(2)8-9)11(3)13(4)5;1-3-4-5(2)6;3*1-2/h6-8,11H,1-5H3;3-4H2,1-2H3;2*1-2H3;1H2. The Bertz CT molecular complexity index is 414. The van der Waals surface area contributed by atoms with E-state index in [1.165, 1.54) is 16.7 Å². The van der Waals surface area contributed by atoms with E-state index in [1.807, 2.05) is 41.4 Å². The Balaban J connectivity index is -0.000000155. The summed E-state index contributed by atoms with van der Waals surface area (Å²) in [6, 6.07) is 7.16. The molecule has 0 N–H and O–H groups in total. The van der Waals surface area contributed by atoms with Crippen LogP contribution in [0.15, 0.2) is 18.2 Å². The lowest BCUT2D eigenvalue weighted by molar-refractivity contribution is -0.117. The maximum Gasteiger partial charge on any atom is 0.129 e. The maximum atomic E-state index is 10.0. The molecule has 148 valence electrons. The Morgan fingerprint density at radius 1 is 1.08 bits per heavy atom. The minimum Gasteiger partial charge on any atom is -0.307 e. The third kappa shape index (κ3) is 18.7. The first-order chi connectivity index (χ1) is 11.8. The first kappa shape index (κ1) is 31.3. The molecule has 1 atom stereocenters. The zero-order valence-electron chi connectivity index (χ0n) is 18.7. The van der Waals surface area contributed by atoms with Crippen molar-refractivity contribution < 1.29 is 9.59 Å². The second-order valence-electron chi connectivity index (χ2n) is 5.45. The van der Waals surface area contributed by atoms with Gasteiger partial charge in [-0.05, 0) is 59.3 Å². The smallest absolute Gasteiger partial charge is 0.129 e. The molecule has 0 aliphatic heterocycles. The van der Waals surface area contributed by atoms with Gasteiger partial charge in [-0.2, -0.15) is 0 Å². The summed E-state index contributed by atoms with van der Waals surface area (Å²) >= 11 is 0. The predicted octanol–water partition coefficient (Wildman–Crippen LogP) is 6.17. The van der Waals surface area contributed by atoms with Crippen molar-refractivity contribution in [2.45, 2.75) is 81.2 Å². The predicted molar refractivity (Wildman–Crippen MR) is 113 cm³/mol. The molecule has 25 heavy (non-hydrogen) atoms. The summed E-state index contributed by atoms with van der Waals surface area (Å²) in [5, 5.41) is 0. The van der Waals surface area contributed by atoms with Crippen molar-refractivity contribution in [1.82, 2.24) is 4.90 Å². The van der Waals surface area contributed by atoms with Gasteiger partial charge in [0.1, 0.15) is 12.6 Å². The Hall–Kier alpha value is -1.48. The molecule has 1 rings (SSSR count). The van der Waals surface area contributed by atoms with Gasteiger partial charge >= 0.3 is 0 Å². The van der Waals surface area contributed by atoms with Gasteiger partial charge in [-0.3, -0.25) is 0 Å². The minimum absolute atomic E-state index is 0.289. The number of hydrogen-bond acceptors (Lipinski definition) is 3. The van der Waals surface area contributed by atoms with Crippen LogP contribution in [-0.2, 0) is 9.59 Å². The van der Waals surface area contributed by atoms with Gasteiger partial charge in [0.15, 0.2) is 0 Å². The van der Waals surface area contributed by atoms with Crippen LogP contribution in [-0.4, -0.2) is 31.6 Å². The largest absolute Gasteiger partial charge is 0.307 e. The van der Waals surface area contributed by atoms with Gasteiger partial charge in [0.25, 0.3) is 0 Å². The monoisotopic (exact) mass is 353 g/mol. The highest BCUT2D eigenvalue weighted by atomic mass is 16.1. The Morgan fingerprint density at radius 2 is 1.52 bits per heavy atom. The number of carbonyl (C=O) groups is 2. The molecule has 0 amide bonds. The van der Waals surface area contributed by atoms with Gasteiger partial charge in [0.05, 0.1) is 0 Å². The molecule has 1 aromatic carbocycles. The molecule has 0 saturated heterocycles. The summed E-state index contributed by atoms with van der Waals surface area (Å²) in [5.74, 6) is 0.289. The summed E-state index contributed by atoms with van der Waals surface area (Å²) in [5.41, 5.74) is 4.16. The van der Waals surface area contributed by atoms with Crippen molar-refractivity contribution in [3.63, 3.8) is 0 Å². The third-order valence-electron chi connectivity index (χ3n) is 3.25. The van der Waals surface area contributed by atoms with E-state index in [9.17, 15) is 4.79 Å². The average molecular weight is 354 g/mol. The number of benzene rings is 1. The quantitative estimate of drug-likeness (QED) is 0.649. The maximum absolute atomic E-state index is 10.0. The van der Waals surface area contributed by atoms with E-state index in [-0.39, 0.29) is 5.78 Å². The number of nitrogens with zero attached hydrogens (tertiary/aromatic N) is 1. The van der Waals surface area contributed by atoms with E-state index >= 15 is 0 Å². The summed E-state index contributed by atoms with van der Waals surface area (Å²) in [7, 11) is 4.23. The highest BCUT2D eigenvalue weighted by molar-refractivity contribution is 5.75. The minimum atomic E-state index is 0.289. The van der Waals surface area contributed by atoms with Crippen LogP contribution in [0, 0.1) is 13.8 Å². The molecular formula is C22H43NO2. The van der Waals surface area contributed by atoms with Crippen LogP contribution in [0.4, 0.5) is 0 Å². The molecule has 0 aliphatic rings. The second-order valence-corrected chi connectivity index (χ2v) is 5.45. The van der Waals surface area contributed by atoms with E-state index in [2.05, 4.69) is 58.0 Å². The fourth-order valence-corrected chi connectivity index (χ4v) is 1.92. The normalized spacial score (nSPS) is 9.60. The zero-order valence-corrected chi connectivity index (χ0v) is 18.7. The number of rotatable bonds is 4. The highest BCUT2D eigenvalue weighted by Gasteiger charge is 2.09. The zero-order chi connectivity index (χ0) is 21.0. The van der Waals surface area contributed by atoms with Gasteiger partial charge in [0.2, 0.25) is 0 Å². The third-order valence-corrected chi connectivity index (χ3v) is 3.25. The number of aryl methyl sites for hydroxylation is 2. The average Bonchev–Trinajstić information content (AvgIpc) is 2.60. The first-order valence-electron chi connectivity index (χ1n) is 9.31. The fraction of sp³-hybridized carbons (Fsp3) is 0.636. The van der Waals surface area contributed by atoms with Crippen LogP contribution in [0.25, 0.3) is 0 Å². The molecule has 0 radical (unpaired) electrons. The van der Waals surface area contributed by atoms with Crippen LogP contribution in [0.1, 0.15) is 84.0 Å².